The first-order valence-electron chi connectivity index (χ1n) is 5.80. The highest BCUT2D eigenvalue weighted by atomic mass is 32.2. The Hall–Kier alpha value is -1.11. The highest BCUT2D eigenvalue weighted by Gasteiger charge is 2.49. The molecule has 1 aliphatic rings. The van der Waals surface area contributed by atoms with E-state index < -0.39 is 5.54 Å². The molecule has 3 N–H and O–H groups in total. The summed E-state index contributed by atoms with van der Waals surface area (Å²) in [5.41, 5.74) is 9.04. The summed E-state index contributed by atoms with van der Waals surface area (Å²) in [5.74, 6) is 0.460. The van der Waals surface area contributed by atoms with Gasteiger partial charge in [0.15, 0.2) is 0 Å². The first-order valence-corrected chi connectivity index (χ1v) is 7.19. The van der Waals surface area contributed by atoms with Gasteiger partial charge in [-0.25, -0.2) is 4.79 Å². The maximum absolute atomic E-state index is 11.8. The van der Waals surface area contributed by atoms with Gasteiger partial charge in [-0.1, -0.05) is 6.07 Å². The smallest absolute Gasteiger partial charge is 0.346 e. The number of pyridine rings is 1. The third-order valence-corrected chi connectivity index (χ3v) is 3.79. The van der Waals surface area contributed by atoms with Crippen LogP contribution in [0.3, 0.4) is 0 Å². The molecule has 0 saturated carbocycles. The third kappa shape index (κ3) is 2.66. The second kappa shape index (κ2) is 5.69. The lowest BCUT2D eigenvalue weighted by molar-refractivity contribution is -0.146. The summed E-state index contributed by atoms with van der Waals surface area (Å²) in [6, 6.07) is 3.63. The van der Waals surface area contributed by atoms with Crippen LogP contribution in [-0.2, 0) is 16.1 Å². The van der Waals surface area contributed by atoms with E-state index in [1.165, 1.54) is 0 Å². The van der Waals surface area contributed by atoms with E-state index in [0.29, 0.717) is 12.8 Å². The Labute approximate surface area is 110 Å². The predicted molar refractivity (Wildman–Crippen MR) is 70.9 cm³/mol. The average molecular weight is 267 g/mol. The number of aromatic nitrogens is 1. The number of carbonyl (C=O) groups is 1. The first kappa shape index (κ1) is 13.3. The zero-order valence-corrected chi connectivity index (χ0v) is 11.1. The maximum Gasteiger partial charge on any atom is 0.346 e. The fourth-order valence-corrected chi connectivity index (χ4v) is 2.53. The molecule has 1 saturated heterocycles. The normalized spacial score (nSPS) is 27.2. The summed E-state index contributed by atoms with van der Waals surface area (Å²) in [4.78, 5) is 20.7. The van der Waals surface area contributed by atoms with Crippen LogP contribution in [0.2, 0.25) is 0 Å². The van der Waals surface area contributed by atoms with Gasteiger partial charge in [0.2, 0.25) is 0 Å². The van der Waals surface area contributed by atoms with Gasteiger partial charge in [-0.05, 0) is 36.5 Å². The number of nitrogens with one attached hydrogen (secondary N) is 1. The number of hydrogen-bond acceptors (Lipinski definition) is 6. The van der Waals surface area contributed by atoms with Gasteiger partial charge in [0.25, 0.3) is 0 Å². The van der Waals surface area contributed by atoms with Crippen LogP contribution in [0, 0.1) is 0 Å². The Morgan fingerprint density at radius 3 is 3.17 bits per heavy atom. The molecule has 18 heavy (non-hydrogen) atoms. The monoisotopic (exact) mass is 267 g/mol. The quantitative estimate of drug-likeness (QED) is 0.809. The number of thioether (sulfide) groups is 1. The van der Waals surface area contributed by atoms with Gasteiger partial charge in [0.05, 0.1) is 6.04 Å². The molecule has 5 nitrogen and oxygen atoms in total. The first-order chi connectivity index (χ1) is 8.66. The van der Waals surface area contributed by atoms with Crippen molar-refractivity contribution >= 4 is 17.7 Å². The Bertz CT molecular complexity index is 415. The van der Waals surface area contributed by atoms with Gasteiger partial charge < -0.3 is 10.6 Å². The minimum atomic E-state index is -0.946. The number of nitrogens with two attached hydrogens (primary N) is 1. The molecule has 0 radical (unpaired) electrons. The minimum absolute atomic E-state index is 0.207. The average Bonchev–Trinajstić information content (AvgIpc) is 2.66. The fourth-order valence-electron chi connectivity index (χ4n) is 1.99. The van der Waals surface area contributed by atoms with Crippen LogP contribution in [0.1, 0.15) is 12.0 Å². The van der Waals surface area contributed by atoms with E-state index in [1.807, 2.05) is 18.4 Å². The van der Waals surface area contributed by atoms with Crippen LogP contribution in [-0.4, -0.2) is 34.5 Å². The van der Waals surface area contributed by atoms with Gasteiger partial charge in [-0.15, -0.1) is 5.48 Å². The lowest BCUT2D eigenvalue weighted by atomic mass is 9.86. The predicted octanol–water partition coefficient (Wildman–Crippen LogP) is 0.505. The summed E-state index contributed by atoms with van der Waals surface area (Å²) in [6.07, 6.45) is 6.72. The molecule has 2 rings (SSSR count). The van der Waals surface area contributed by atoms with E-state index in [9.17, 15) is 4.79 Å². The van der Waals surface area contributed by atoms with E-state index in [4.69, 9.17) is 10.6 Å². The van der Waals surface area contributed by atoms with Gasteiger partial charge in [-0.2, -0.15) is 11.8 Å². The van der Waals surface area contributed by atoms with Crippen molar-refractivity contribution in [3.8, 4) is 0 Å². The highest BCUT2D eigenvalue weighted by molar-refractivity contribution is 7.98. The van der Waals surface area contributed by atoms with Crippen molar-refractivity contribution < 1.29 is 9.63 Å². The van der Waals surface area contributed by atoms with Crippen molar-refractivity contribution in [2.24, 2.45) is 5.73 Å². The van der Waals surface area contributed by atoms with Crippen LogP contribution in [0.25, 0.3) is 0 Å². The number of hydroxylamine groups is 1. The van der Waals surface area contributed by atoms with E-state index >= 15 is 0 Å². The molecular weight excluding hydrogens is 250 g/mol. The van der Waals surface area contributed by atoms with Gasteiger partial charge in [0, 0.05) is 12.4 Å². The van der Waals surface area contributed by atoms with Crippen molar-refractivity contribution in [1.29, 1.82) is 0 Å². The lowest BCUT2D eigenvalue weighted by Gasteiger charge is -2.25. The number of hydrogen-bond donors (Lipinski definition) is 2. The van der Waals surface area contributed by atoms with E-state index in [1.54, 1.807) is 24.2 Å². The van der Waals surface area contributed by atoms with Crippen LogP contribution in [0.4, 0.5) is 0 Å². The Kier molecular flexibility index (Phi) is 4.21. The maximum atomic E-state index is 11.8. The van der Waals surface area contributed by atoms with E-state index in [2.05, 4.69) is 10.5 Å². The molecule has 2 atom stereocenters. The Morgan fingerprint density at radius 2 is 2.50 bits per heavy atom. The second-order valence-electron chi connectivity index (χ2n) is 4.41. The van der Waals surface area contributed by atoms with Crippen molar-refractivity contribution in [1.82, 2.24) is 10.5 Å². The lowest BCUT2D eigenvalue weighted by Crippen LogP contribution is -2.55. The summed E-state index contributed by atoms with van der Waals surface area (Å²) in [5, 5.41) is 0. The number of nitrogens with zero attached hydrogens (tertiary/aromatic N) is 1. The summed E-state index contributed by atoms with van der Waals surface area (Å²) >= 11 is 1.67. The molecule has 1 fully saturated rings. The minimum Gasteiger partial charge on any atom is -0.369 e. The molecule has 98 valence electrons. The molecule has 0 aromatic carbocycles. The SMILES string of the molecule is CSCCC1(N)C(=O)ONC1Cc1cccnc1. The van der Waals surface area contributed by atoms with Gasteiger partial charge in [0.1, 0.15) is 5.54 Å². The summed E-state index contributed by atoms with van der Waals surface area (Å²) in [7, 11) is 0. The molecular formula is C12H17N3O2S. The van der Waals surface area contributed by atoms with E-state index in [0.717, 1.165) is 11.3 Å². The van der Waals surface area contributed by atoms with E-state index in [-0.39, 0.29) is 12.0 Å². The van der Waals surface area contributed by atoms with Crippen LogP contribution >= 0.6 is 11.8 Å². The molecule has 2 unspecified atom stereocenters. The Morgan fingerprint density at radius 1 is 1.67 bits per heavy atom. The fraction of sp³-hybridized carbons (Fsp3) is 0.500. The van der Waals surface area contributed by atoms with Crippen molar-refractivity contribution in [2.45, 2.75) is 24.4 Å². The zero-order valence-electron chi connectivity index (χ0n) is 10.3. The molecule has 6 heteroatoms. The topological polar surface area (TPSA) is 77.2 Å². The molecule has 1 aromatic rings. The summed E-state index contributed by atoms with van der Waals surface area (Å²) in [6.45, 7) is 0. The van der Waals surface area contributed by atoms with Gasteiger partial charge in [-0.3, -0.25) is 4.98 Å². The zero-order chi connectivity index (χ0) is 13.0. The highest BCUT2D eigenvalue weighted by Crippen LogP contribution is 2.24. The molecule has 0 spiro atoms. The number of rotatable bonds is 5. The summed E-state index contributed by atoms with van der Waals surface area (Å²) < 4.78 is 0. The Balaban J connectivity index is 2.09. The van der Waals surface area contributed by atoms with Crippen molar-refractivity contribution in [3.05, 3.63) is 30.1 Å². The molecule has 0 amide bonds. The van der Waals surface area contributed by atoms with Crippen LogP contribution < -0.4 is 11.2 Å². The van der Waals surface area contributed by atoms with Crippen LogP contribution in [0.5, 0.6) is 0 Å². The molecule has 2 heterocycles. The standard InChI is InChI=1S/C12H17N3O2S/c1-18-6-4-12(13)10(15-17-11(12)16)7-9-3-2-5-14-8-9/h2-3,5,8,10,15H,4,6-7,13H2,1H3. The van der Waals surface area contributed by atoms with Gasteiger partial charge >= 0.3 is 5.97 Å². The molecule has 1 aliphatic heterocycles. The number of carbonyl (C=O) groups excluding carboxylic acids is 1. The van der Waals surface area contributed by atoms with Crippen molar-refractivity contribution in [2.75, 3.05) is 12.0 Å². The van der Waals surface area contributed by atoms with Crippen LogP contribution in [0.15, 0.2) is 24.5 Å². The third-order valence-electron chi connectivity index (χ3n) is 3.18. The molecule has 1 aromatic heterocycles. The molecule has 0 aliphatic carbocycles. The largest absolute Gasteiger partial charge is 0.369 e. The second-order valence-corrected chi connectivity index (χ2v) is 5.39. The van der Waals surface area contributed by atoms with Crippen molar-refractivity contribution in [3.63, 3.8) is 0 Å². The molecule has 0 bridgehead atoms.